The van der Waals surface area contributed by atoms with Crippen molar-refractivity contribution in [3.63, 3.8) is 0 Å². The summed E-state index contributed by atoms with van der Waals surface area (Å²) < 4.78 is 53.5. The molecule has 0 atom stereocenters. The number of benzene rings is 2. The van der Waals surface area contributed by atoms with Crippen molar-refractivity contribution < 1.29 is 17.2 Å². The molecule has 3 aromatic rings. The van der Waals surface area contributed by atoms with E-state index in [-0.39, 0.29) is 21.3 Å². The van der Waals surface area contributed by atoms with Gasteiger partial charge in [0, 0.05) is 22.0 Å². The van der Waals surface area contributed by atoms with Crippen LogP contribution >= 0.6 is 22.9 Å². The summed E-state index contributed by atoms with van der Waals surface area (Å²) in [6.45, 7) is 0. The Hall–Kier alpha value is -2.03. The normalized spacial score (nSPS) is 11.5. The molecule has 0 aliphatic rings. The fourth-order valence-electron chi connectivity index (χ4n) is 1.93. The van der Waals surface area contributed by atoms with Gasteiger partial charge in [0.1, 0.15) is 11.6 Å². The topological polar surface area (TPSA) is 59.1 Å². The lowest BCUT2D eigenvalue weighted by Gasteiger charge is -2.05. The van der Waals surface area contributed by atoms with Gasteiger partial charge in [-0.15, -0.1) is 11.3 Å². The van der Waals surface area contributed by atoms with Crippen molar-refractivity contribution in [1.82, 2.24) is 4.98 Å². The highest BCUT2D eigenvalue weighted by Gasteiger charge is 2.17. The van der Waals surface area contributed by atoms with Crippen molar-refractivity contribution in [2.75, 3.05) is 4.72 Å². The first kappa shape index (κ1) is 16.8. The van der Waals surface area contributed by atoms with Crippen LogP contribution in [0.4, 0.5) is 13.9 Å². The molecule has 0 radical (unpaired) electrons. The maximum atomic E-state index is 13.8. The second kappa shape index (κ2) is 6.46. The molecule has 0 aliphatic heterocycles. The summed E-state index contributed by atoms with van der Waals surface area (Å²) in [5.41, 5.74) is 0.302. The van der Waals surface area contributed by atoms with Crippen molar-refractivity contribution >= 4 is 38.1 Å². The molecule has 1 aromatic heterocycles. The fourth-order valence-corrected chi connectivity index (χ4v) is 4.02. The molecule has 0 spiro atoms. The number of nitrogens with one attached hydrogen (secondary N) is 1. The Bertz CT molecular complexity index is 989. The van der Waals surface area contributed by atoms with Gasteiger partial charge in [-0.1, -0.05) is 11.6 Å². The van der Waals surface area contributed by atoms with Crippen LogP contribution < -0.4 is 4.72 Å². The van der Waals surface area contributed by atoms with Crippen molar-refractivity contribution in [3.8, 4) is 11.3 Å². The van der Waals surface area contributed by atoms with E-state index in [9.17, 15) is 17.2 Å². The molecule has 24 heavy (non-hydrogen) atoms. The minimum Gasteiger partial charge on any atom is -0.255 e. The number of sulfonamides is 1. The zero-order chi connectivity index (χ0) is 17.3. The number of rotatable bonds is 4. The van der Waals surface area contributed by atoms with Gasteiger partial charge in [-0.25, -0.2) is 22.2 Å². The van der Waals surface area contributed by atoms with Gasteiger partial charge in [0.2, 0.25) is 0 Å². The third-order valence-electron chi connectivity index (χ3n) is 3.06. The maximum Gasteiger partial charge on any atom is 0.263 e. The predicted molar refractivity (Wildman–Crippen MR) is 89.7 cm³/mol. The SMILES string of the molecule is O=S(=O)(Nc1nc(-c2ccc(F)cc2F)cs1)c1ccc(Cl)cc1. The first-order valence-electron chi connectivity index (χ1n) is 6.54. The molecule has 1 N–H and O–H groups in total. The molecule has 0 saturated heterocycles. The summed E-state index contributed by atoms with van der Waals surface area (Å²) in [4.78, 5) is 4.06. The van der Waals surface area contributed by atoms with Crippen LogP contribution in [-0.4, -0.2) is 13.4 Å². The van der Waals surface area contributed by atoms with Gasteiger partial charge in [0.15, 0.2) is 5.13 Å². The Balaban J connectivity index is 1.87. The first-order chi connectivity index (χ1) is 11.3. The predicted octanol–water partition coefficient (Wildman–Crippen LogP) is 4.54. The minimum absolute atomic E-state index is 0.0246. The van der Waals surface area contributed by atoms with Crippen LogP contribution in [0.2, 0.25) is 5.02 Å². The average molecular weight is 387 g/mol. The van der Waals surface area contributed by atoms with Gasteiger partial charge < -0.3 is 0 Å². The number of anilines is 1. The third kappa shape index (κ3) is 3.55. The summed E-state index contributed by atoms with van der Waals surface area (Å²) in [6, 6.07) is 8.73. The molecule has 0 bridgehead atoms. The molecule has 0 amide bonds. The lowest BCUT2D eigenvalue weighted by Crippen LogP contribution is -2.12. The zero-order valence-electron chi connectivity index (χ0n) is 11.8. The largest absolute Gasteiger partial charge is 0.263 e. The number of nitrogens with zero attached hydrogens (tertiary/aromatic N) is 1. The quantitative estimate of drug-likeness (QED) is 0.716. The van der Waals surface area contributed by atoms with Gasteiger partial charge in [-0.05, 0) is 36.4 Å². The van der Waals surface area contributed by atoms with E-state index in [1.165, 1.54) is 35.7 Å². The Morgan fingerprint density at radius 3 is 2.46 bits per heavy atom. The van der Waals surface area contributed by atoms with E-state index >= 15 is 0 Å². The van der Waals surface area contributed by atoms with Crippen LogP contribution in [0, 0.1) is 11.6 Å². The Kier molecular flexibility index (Phi) is 4.53. The number of hydrogen-bond donors (Lipinski definition) is 1. The zero-order valence-corrected chi connectivity index (χ0v) is 14.2. The minimum atomic E-state index is -3.83. The molecular weight excluding hydrogens is 378 g/mol. The lowest BCUT2D eigenvalue weighted by atomic mass is 10.1. The van der Waals surface area contributed by atoms with E-state index in [0.717, 1.165) is 23.5 Å². The van der Waals surface area contributed by atoms with Gasteiger partial charge >= 0.3 is 0 Å². The summed E-state index contributed by atoms with van der Waals surface area (Å²) in [5, 5.41) is 1.97. The summed E-state index contributed by atoms with van der Waals surface area (Å²) in [7, 11) is -3.83. The van der Waals surface area contributed by atoms with E-state index in [4.69, 9.17) is 11.6 Å². The van der Waals surface area contributed by atoms with Crippen LogP contribution in [0.1, 0.15) is 0 Å². The molecule has 0 saturated carbocycles. The highest BCUT2D eigenvalue weighted by molar-refractivity contribution is 7.93. The standard InChI is InChI=1S/C15H9ClF2N2O2S2/c16-9-1-4-11(5-2-9)24(21,22)20-15-19-14(8-23-15)12-6-3-10(17)7-13(12)18/h1-8H,(H,19,20). The fraction of sp³-hybridized carbons (Fsp3) is 0. The number of hydrogen-bond acceptors (Lipinski definition) is 4. The summed E-state index contributed by atoms with van der Waals surface area (Å²) in [5.74, 6) is -1.47. The molecule has 9 heteroatoms. The Labute approximate surface area is 145 Å². The second-order valence-electron chi connectivity index (χ2n) is 4.72. The average Bonchev–Trinajstić information content (AvgIpc) is 2.95. The molecule has 2 aromatic carbocycles. The molecule has 0 aliphatic carbocycles. The van der Waals surface area contributed by atoms with Crippen molar-refractivity contribution in [2.24, 2.45) is 0 Å². The molecule has 3 rings (SSSR count). The summed E-state index contributed by atoms with van der Waals surface area (Å²) >= 11 is 6.73. The molecule has 0 fully saturated rings. The second-order valence-corrected chi connectivity index (χ2v) is 7.70. The van der Waals surface area contributed by atoms with Gasteiger partial charge in [-0.3, -0.25) is 4.72 Å². The lowest BCUT2D eigenvalue weighted by molar-refractivity contribution is 0.585. The molecular formula is C15H9ClF2N2O2S2. The monoisotopic (exact) mass is 386 g/mol. The van der Waals surface area contributed by atoms with Crippen molar-refractivity contribution in [2.45, 2.75) is 4.90 Å². The van der Waals surface area contributed by atoms with Crippen LogP contribution in [0.5, 0.6) is 0 Å². The Morgan fingerprint density at radius 1 is 1.08 bits per heavy atom. The molecule has 124 valence electrons. The van der Waals surface area contributed by atoms with E-state index in [1.54, 1.807) is 0 Å². The van der Waals surface area contributed by atoms with Gasteiger partial charge in [-0.2, -0.15) is 0 Å². The van der Waals surface area contributed by atoms with E-state index in [2.05, 4.69) is 9.71 Å². The third-order valence-corrected chi connectivity index (χ3v) is 5.55. The highest BCUT2D eigenvalue weighted by atomic mass is 35.5. The molecule has 0 unspecified atom stereocenters. The number of aromatic nitrogens is 1. The van der Waals surface area contributed by atoms with E-state index in [0.29, 0.717) is 5.02 Å². The Morgan fingerprint density at radius 2 is 1.79 bits per heavy atom. The smallest absolute Gasteiger partial charge is 0.255 e. The number of halogens is 3. The van der Waals surface area contributed by atoms with Crippen LogP contribution in [0.3, 0.4) is 0 Å². The molecule has 1 heterocycles. The van der Waals surface area contributed by atoms with E-state index < -0.39 is 21.7 Å². The van der Waals surface area contributed by atoms with Crippen LogP contribution in [-0.2, 0) is 10.0 Å². The van der Waals surface area contributed by atoms with Crippen molar-refractivity contribution in [1.29, 1.82) is 0 Å². The molecule has 4 nitrogen and oxygen atoms in total. The highest BCUT2D eigenvalue weighted by Crippen LogP contribution is 2.28. The first-order valence-corrected chi connectivity index (χ1v) is 9.28. The maximum absolute atomic E-state index is 13.8. The number of thiazole rings is 1. The van der Waals surface area contributed by atoms with Crippen LogP contribution in [0.25, 0.3) is 11.3 Å². The summed E-state index contributed by atoms with van der Waals surface area (Å²) in [6.07, 6.45) is 0. The van der Waals surface area contributed by atoms with E-state index in [1.807, 2.05) is 0 Å². The van der Waals surface area contributed by atoms with Crippen molar-refractivity contribution in [3.05, 3.63) is 64.5 Å². The van der Waals surface area contributed by atoms with Gasteiger partial charge in [0.05, 0.1) is 10.6 Å². The van der Waals surface area contributed by atoms with Gasteiger partial charge in [0.25, 0.3) is 10.0 Å². The van der Waals surface area contributed by atoms with Crippen LogP contribution in [0.15, 0.2) is 52.7 Å².